The Kier molecular flexibility index (Phi) is 5.62. The van der Waals surface area contributed by atoms with Crippen molar-refractivity contribution in [3.8, 4) is 0 Å². The van der Waals surface area contributed by atoms with Crippen LogP contribution in [0.1, 0.15) is 6.42 Å². The fraction of sp³-hybridized carbons (Fsp3) is 0.400. The van der Waals surface area contributed by atoms with Gasteiger partial charge in [-0.2, -0.15) is 4.31 Å². The molecule has 1 aliphatic rings. The zero-order chi connectivity index (χ0) is 13.5. The van der Waals surface area contributed by atoms with Crippen molar-refractivity contribution in [1.29, 1.82) is 0 Å². The van der Waals surface area contributed by atoms with Crippen LogP contribution in [-0.4, -0.2) is 31.9 Å². The van der Waals surface area contributed by atoms with Crippen LogP contribution in [0.2, 0.25) is 5.02 Å². The Bertz CT molecular complexity index is 585. The molecule has 1 fully saturated rings. The van der Waals surface area contributed by atoms with Crippen LogP contribution in [0.5, 0.6) is 0 Å². The van der Waals surface area contributed by atoms with Crippen molar-refractivity contribution in [1.82, 2.24) is 4.31 Å². The van der Waals surface area contributed by atoms with Crippen molar-refractivity contribution >= 4 is 50.0 Å². The second-order valence-corrected chi connectivity index (χ2v) is 7.28. The zero-order valence-corrected chi connectivity index (χ0v) is 13.6. The monoisotopic (exact) mass is 392 g/mol. The van der Waals surface area contributed by atoms with Crippen molar-refractivity contribution in [3.63, 3.8) is 0 Å². The lowest BCUT2D eigenvalue weighted by atomic mass is 10.3. The third kappa shape index (κ3) is 3.40. The van der Waals surface area contributed by atoms with Crippen LogP contribution >= 0.6 is 39.9 Å². The molecule has 0 spiro atoms. The molecular formula is C10H12BrCl2FN2O2S. The molecule has 108 valence electrons. The summed E-state index contributed by atoms with van der Waals surface area (Å²) < 4.78 is 39.7. The van der Waals surface area contributed by atoms with E-state index in [2.05, 4.69) is 15.9 Å². The van der Waals surface area contributed by atoms with E-state index in [4.69, 9.17) is 17.3 Å². The molecule has 0 aromatic heterocycles. The second kappa shape index (κ2) is 6.24. The molecule has 19 heavy (non-hydrogen) atoms. The number of hydrogen-bond donors (Lipinski definition) is 1. The summed E-state index contributed by atoms with van der Waals surface area (Å²) in [6, 6.07) is 1.96. The van der Waals surface area contributed by atoms with Crippen LogP contribution < -0.4 is 5.73 Å². The predicted molar refractivity (Wildman–Crippen MR) is 77.7 cm³/mol. The summed E-state index contributed by atoms with van der Waals surface area (Å²) in [7, 11) is -3.87. The normalized spacial score (nSPS) is 20.3. The molecule has 0 radical (unpaired) electrons. The average Bonchev–Trinajstić information content (AvgIpc) is 2.70. The number of halogens is 4. The van der Waals surface area contributed by atoms with E-state index < -0.39 is 20.7 Å². The summed E-state index contributed by atoms with van der Waals surface area (Å²) in [6.07, 6.45) is 0.575. The SMILES string of the molecule is Cl.N[C@@H]1CCN(S(=O)(=O)c2cc(Cl)c(Br)cc2F)C1. The van der Waals surface area contributed by atoms with E-state index in [0.717, 1.165) is 12.1 Å². The van der Waals surface area contributed by atoms with E-state index in [9.17, 15) is 12.8 Å². The Labute approximate surface area is 130 Å². The number of benzene rings is 1. The maximum atomic E-state index is 13.8. The fourth-order valence-corrected chi connectivity index (χ4v) is 3.94. The molecule has 4 nitrogen and oxygen atoms in total. The molecule has 0 amide bonds. The largest absolute Gasteiger partial charge is 0.326 e. The lowest BCUT2D eigenvalue weighted by Gasteiger charge is -2.16. The minimum absolute atomic E-state index is 0. The van der Waals surface area contributed by atoms with E-state index in [1.54, 1.807) is 0 Å². The van der Waals surface area contributed by atoms with Gasteiger partial charge in [-0.25, -0.2) is 12.8 Å². The first-order chi connectivity index (χ1) is 8.32. The highest BCUT2D eigenvalue weighted by molar-refractivity contribution is 9.10. The van der Waals surface area contributed by atoms with Gasteiger partial charge in [-0.3, -0.25) is 0 Å². The summed E-state index contributed by atoms with van der Waals surface area (Å²) in [5.74, 6) is -0.827. The maximum Gasteiger partial charge on any atom is 0.246 e. The molecule has 1 heterocycles. The lowest BCUT2D eigenvalue weighted by molar-refractivity contribution is 0.465. The third-order valence-corrected chi connectivity index (χ3v) is 5.86. The van der Waals surface area contributed by atoms with Crippen molar-refractivity contribution < 1.29 is 12.8 Å². The summed E-state index contributed by atoms with van der Waals surface area (Å²) >= 11 is 8.85. The standard InChI is InChI=1S/C10H11BrClFN2O2S.ClH/c11-7-3-9(13)10(4-8(7)12)18(16,17)15-2-1-6(14)5-15;/h3-4,6H,1-2,5,14H2;1H/t6-;/m1./s1. The van der Waals surface area contributed by atoms with E-state index in [-0.39, 0.29) is 30.0 Å². The summed E-state index contributed by atoms with van der Waals surface area (Å²) in [4.78, 5) is -0.412. The molecule has 9 heteroatoms. The highest BCUT2D eigenvalue weighted by Crippen LogP contribution is 2.30. The first-order valence-corrected chi connectivity index (χ1v) is 7.83. The van der Waals surface area contributed by atoms with Crippen LogP contribution in [0.15, 0.2) is 21.5 Å². The molecule has 2 N–H and O–H groups in total. The number of hydrogen-bond acceptors (Lipinski definition) is 3. The van der Waals surface area contributed by atoms with E-state index in [0.29, 0.717) is 17.4 Å². The molecule has 0 aliphatic carbocycles. The molecular weight excluding hydrogens is 382 g/mol. The summed E-state index contributed by atoms with van der Waals surface area (Å²) in [6.45, 7) is 0.506. The van der Waals surface area contributed by atoms with E-state index in [1.165, 1.54) is 4.31 Å². The Morgan fingerprint density at radius 1 is 1.47 bits per heavy atom. The number of sulfonamides is 1. The van der Waals surface area contributed by atoms with Gasteiger partial charge in [0.1, 0.15) is 10.7 Å². The molecule has 0 unspecified atom stereocenters. The molecule has 1 saturated heterocycles. The van der Waals surface area contributed by atoms with Gasteiger partial charge < -0.3 is 5.73 Å². The molecule has 1 aromatic rings. The summed E-state index contributed by atoms with van der Waals surface area (Å²) in [5.41, 5.74) is 5.66. The van der Waals surface area contributed by atoms with Crippen molar-refractivity contribution in [3.05, 3.63) is 27.4 Å². The number of rotatable bonds is 2. The third-order valence-electron chi connectivity index (χ3n) is 2.78. The zero-order valence-electron chi connectivity index (χ0n) is 9.64. The Morgan fingerprint density at radius 3 is 2.63 bits per heavy atom. The van der Waals surface area contributed by atoms with Gasteiger partial charge in [-0.15, -0.1) is 12.4 Å². The van der Waals surface area contributed by atoms with Crippen LogP contribution in [0.25, 0.3) is 0 Å². The van der Waals surface area contributed by atoms with Gasteiger partial charge >= 0.3 is 0 Å². The van der Waals surface area contributed by atoms with Gasteiger partial charge in [0.2, 0.25) is 10.0 Å². The molecule has 1 aromatic carbocycles. The maximum absolute atomic E-state index is 13.8. The lowest BCUT2D eigenvalue weighted by Crippen LogP contribution is -2.32. The average molecular weight is 394 g/mol. The number of nitrogens with two attached hydrogens (primary N) is 1. The van der Waals surface area contributed by atoms with Crippen molar-refractivity contribution in [2.24, 2.45) is 5.73 Å². The second-order valence-electron chi connectivity index (χ2n) is 4.11. The Hall–Kier alpha value is 0.0800. The van der Waals surface area contributed by atoms with Crippen LogP contribution in [0.4, 0.5) is 4.39 Å². The molecule has 0 bridgehead atoms. The van der Waals surface area contributed by atoms with Crippen molar-refractivity contribution in [2.75, 3.05) is 13.1 Å². The van der Waals surface area contributed by atoms with E-state index in [1.807, 2.05) is 0 Å². The van der Waals surface area contributed by atoms with E-state index >= 15 is 0 Å². The molecule has 0 saturated carbocycles. The predicted octanol–water partition coefficient (Wildman–Crippen LogP) is 2.39. The van der Waals surface area contributed by atoms with Gasteiger partial charge in [0.25, 0.3) is 0 Å². The van der Waals surface area contributed by atoms with Crippen LogP contribution in [0, 0.1) is 5.82 Å². The summed E-state index contributed by atoms with van der Waals surface area (Å²) in [5, 5.41) is 0.151. The Morgan fingerprint density at radius 2 is 2.11 bits per heavy atom. The van der Waals surface area contributed by atoms with Crippen molar-refractivity contribution in [2.45, 2.75) is 17.4 Å². The first kappa shape index (κ1) is 17.1. The van der Waals surface area contributed by atoms with Crippen LogP contribution in [-0.2, 0) is 10.0 Å². The minimum Gasteiger partial charge on any atom is -0.326 e. The molecule has 1 aliphatic heterocycles. The van der Waals surface area contributed by atoms with Crippen LogP contribution in [0.3, 0.4) is 0 Å². The van der Waals surface area contributed by atoms with Gasteiger partial charge in [-0.1, -0.05) is 11.6 Å². The highest BCUT2D eigenvalue weighted by atomic mass is 79.9. The fourth-order valence-electron chi connectivity index (χ4n) is 1.81. The minimum atomic E-state index is -3.87. The molecule has 2 rings (SSSR count). The van der Waals surface area contributed by atoms with Gasteiger partial charge in [-0.05, 0) is 34.5 Å². The smallest absolute Gasteiger partial charge is 0.246 e. The van der Waals surface area contributed by atoms with Gasteiger partial charge in [0.05, 0.1) is 5.02 Å². The molecule has 1 atom stereocenters. The quantitative estimate of drug-likeness (QED) is 0.784. The number of nitrogens with zero attached hydrogens (tertiary/aromatic N) is 1. The highest BCUT2D eigenvalue weighted by Gasteiger charge is 2.33. The van der Waals surface area contributed by atoms with Gasteiger partial charge in [0, 0.05) is 23.6 Å². The topological polar surface area (TPSA) is 63.4 Å². The first-order valence-electron chi connectivity index (χ1n) is 5.22. The van der Waals surface area contributed by atoms with Gasteiger partial charge in [0.15, 0.2) is 0 Å². The Balaban J connectivity index is 0.00000180.